The van der Waals surface area contributed by atoms with Crippen LogP contribution in [0.4, 0.5) is 5.69 Å². The van der Waals surface area contributed by atoms with Crippen molar-refractivity contribution in [3.63, 3.8) is 0 Å². The topological polar surface area (TPSA) is 87.1 Å². The number of piperidine rings is 1. The fourth-order valence-electron chi connectivity index (χ4n) is 2.87. The highest BCUT2D eigenvalue weighted by Crippen LogP contribution is 2.37. The Bertz CT molecular complexity index is 682. The van der Waals surface area contributed by atoms with E-state index in [4.69, 9.17) is 4.74 Å². The maximum atomic E-state index is 12.8. The first-order valence-corrected chi connectivity index (χ1v) is 8.68. The van der Waals surface area contributed by atoms with E-state index in [0.29, 0.717) is 18.8 Å². The molecular formula is C14H18N2O5S. The summed E-state index contributed by atoms with van der Waals surface area (Å²) in [6.07, 6.45) is 2.74. The highest BCUT2D eigenvalue weighted by atomic mass is 32.2. The molecule has 1 fully saturated rings. The van der Waals surface area contributed by atoms with E-state index in [2.05, 4.69) is 0 Å². The number of carboxylic acids is 1. The normalized spacial score (nSPS) is 19.4. The quantitative estimate of drug-likeness (QED) is 0.905. The number of benzene rings is 1. The number of hydrogen-bond acceptors (Lipinski definition) is 4. The third-order valence-electron chi connectivity index (χ3n) is 3.95. The first-order valence-electron chi connectivity index (χ1n) is 7.29. The monoisotopic (exact) mass is 326 g/mol. The summed E-state index contributed by atoms with van der Waals surface area (Å²) in [5.41, 5.74) is 0.285. The minimum Gasteiger partial charge on any atom is -0.489 e. The van der Waals surface area contributed by atoms with Gasteiger partial charge in [0.15, 0.2) is 5.75 Å². The molecule has 7 nitrogen and oxygen atoms in total. The minimum atomic E-state index is -3.65. The lowest BCUT2D eigenvalue weighted by molar-refractivity contribution is 0.0692. The third kappa shape index (κ3) is 2.52. The van der Waals surface area contributed by atoms with Crippen molar-refractivity contribution in [3.8, 4) is 5.75 Å². The first kappa shape index (κ1) is 15.1. The molecule has 22 heavy (non-hydrogen) atoms. The zero-order chi connectivity index (χ0) is 15.7. The molecule has 0 radical (unpaired) electrons. The molecule has 2 heterocycles. The van der Waals surface area contributed by atoms with Crippen molar-refractivity contribution in [3.05, 3.63) is 23.8 Å². The molecule has 1 aromatic rings. The van der Waals surface area contributed by atoms with Gasteiger partial charge in [0.1, 0.15) is 12.2 Å². The van der Waals surface area contributed by atoms with Gasteiger partial charge in [-0.1, -0.05) is 12.5 Å². The highest BCUT2D eigenvalue weighted by Gasteiger charge is 2.35. The van der Waals surface area contributed by atoms with E-state index in [0.717, 1.165) is 19.3 Å². The molecule has 0 spiro atoms. The van der Waals surface area contributed by atoms with Crippen molar-refractivity contribution in [2.45, 2.75) is 19.3 Å². The minimum absolute atomic E-state index is 0.0176. The number of fused-ring (bicyclic) bond motifs is 1. The van der Waals surface area contributed by atoms with Crippen molar-refractivity contribution in [1.82, 2.24) is 4.31 Å². The number of carboxylic acid groups (broad SMARTS) is 1. The Labute approximate surface area is 129 Å². The largest absolute Gasteiger partial charge is 0.489 e. The number of anilines is 1. The number of rotatable bonds is 3. The van der Waals surface area contributed by atoms with Crippen LogP contribution in [0, 0.1) is 0 Å². The zero-order valence-electron chi connectivity index (χ0n) is 12.1. The smallest absolute Gasteiger partial charge is 0.339 e. The Morgan fingerprint density at radius 3 is 2.55 bits per heavy atom. The molecule has 3 rings (SSSR count). The Hall–Kier alpha value is -1.80. The van der Waals surface area contributed by atoms with Gasteiger partial charge in [-0.25, -0.2) is 4.79 Å². The van der Waals surface area contributed by atoms with Crippen molar-refractivity contribution < 1.29 is 23.1 Å². The summed E-state index contributed by atoms with van der Waals surface area (Å²) in [7, 11) is -3.65. The fourth-order valence-corrected chi connectivity index (χ4v) is 4.56. The van der Waals surface area contributed by atoms with E-state index in [1.54, 1.807) is 6.07 Å². The van der Waals surface area contributed by atoms with E-state index < -0.39 is 16.2 Å². The second-order valence-corrected chi connectivity index (χ2v) is 7.20. The van der Waals surface area contributed by atoms with Gasteiger partial charge < -0.3 is 9.84 Å². The molecular weight excluding hydrogens is 308 g/mol. The molecule has 0 saturated carbocycles. The fraction of sp³-hybridized carbons (Fsp3) is 0.500. The van der Waals surface area contributed by atoms with Crippen LogP contribution in [0.3, 0.4) is 0 Å². The van der Waals surface area contributed by atoms with Crippen molar-refractivity contribution in [2.24, 2.45) is 0 Å². The Morgan fingerprint density at radius 1 is 1.14 bits per heavy atom. The predicted molar refractivity (Wildman–Crippen MR) is 80.6 cm³/mol. The molecule has 2 aliphatic rings. The molecule has 0 aromatic heterocycles. The van der Waals surface area contributed by atoms with Gasteiger partial charge >= 0.3 is 16.2 Å². The van der Waals surface area contributed by atoms with Gasteiger partial charge in [-0.05, 0) is 25.0 Å². The van der Waals surface area contributed by atoms with Crippen LogP contribution in [-0.2, 0) is 10.2 Å². The molecule has 0 aliphatic carbocycles. The Kier molecular flexibility index (Phi) is 3.96. The van der Waals surface area contributed by atoms with E-state index in [1.165, 1.54) is 20.7 Å². The van der Waals surface area contributed by atoms with Crippen LogP contribution >= 0.6 is 0 Å². The standard InChI is InChI=1S/C14H18N2O5S/c17-14(18)11-5-4-6-12-13(11)21-10-9-16(12)22(19,20)15-7-2-1-3-8-15/h4-6H,1-3,7-10H2,(H,17,18). The number of carbonyl (C=O) groups is 1. The number of hydrogen-bond donors (Lipinski definition) is 1. The van der Waals surface area contributed by atoms with Crippen molar-refractivity contribution >= 4 is 21.9 Å². The number of ether oxygens (including phenoxy) is 1. The van der Waals surface area contributed by atoms with Crippen molar-refractivity contribution in [1.29, 1.82) is 0 Å². The van der Waals surface area contributed by atoms with E-state index in [1.807, 2.05) is 0 Å². The van der Waals surface area contributed by atoms with Gasteiger partial charge in [0.05, 0.1) is 12.2 Å². The Morgan fingerprint density at radius 2 is 1.86 bits per heavy atom. The summed E-state index contributed by atoms with van der Waals surface area (Å²) >= 11 is 0. The summed E-state index contributed by atoms with van der Waals surface area (Å²) in [4.78, 5) is 11.3. The van der Waals surface area contributed by atoms with Crippen LogP contribution in [-0.4, -0.2) is 50.0 Å². The molecule has 8 heteroatoms. The van der Waals surface area contributed by atoms with Gasteiger partial charge in [-0.3, -0.25) is 4.31 Å². The molecule has 1 N–H and O–H groups in total. The summed E-state index contributed by atoms with van der Waals surface area (Å²) in [6.45, 7) is 1.35. The number of para-hydroxylation sites is 1. The molecule has 1 saturated heterocycles. The maximum Gasteiger partial charge on any atom is 0.339 e. The lowest BCUT2D eigenvalue weighted by Gasteiger charge is -2.36. The zero-order valence-corrected chi connectivity index (χ0v) is 12.9. The van der Waals surface area contributed by atoms with Gasteiger partial charge in [-0.15, -0.1) is 0 Å². The summed E-state index contributed by atoms with van der Waals surface area (Å²) in [5, 5.41) is 9.22. The van der Waals surface area contributed by atoms with Gasteiger partial charge in [0, 0.05) is 13.1 Å². The average Bonchev–Trinajstić information content (AvgIpc) is 2.54. The predicted octanol–water partition coefficient (Wildman–Crippen LogP) is 1.31. The van der Waals surface area contributed by atoms with Gasteiger partial charge in [0.2, 0.25) is 0 Å². The molecule has 0 atom stereocenters. The van der Waals surface area contributed by atoms with E-state index in [9.17, 15) is 18.3 Å². The summed E-state index contributed by atoms with van der Waals surface area (Å²) in [6, 6.07) is 4.54. The highest BCUT2D eigenvalue weighted by molar-refractivity contribution is 7.90. The summed E-state index contributed by atoms with van der Waals surface area (Å²) < 4.78 is 33.8. The first-order chi connectivity index (χ1) is 10.5. The van der Waals surface area contributed by atoms with Crippen molar-refractivity contribution in [2.75, 3.05) is 30.5 Å². The average molecular weight is 326 g/mol. The van der Waals surface area contributed by atoms with Gasteiger partial charge in [0.25, 0.3) is 0 Å². The van der Waals surface area contributed by atoms with Crippen LogP contribution in [0.2, 0.25) is 0 Å². The second kappa shape index (κ2) is 5.77. The summed E-state index contributed by atoms with van der Waals surface area (Å²) in [5.74, 6) is -1.00. The molecule has 0 unspecified atom stereocenters. The van der Waals surface area contributed by atoms with E-state index in [-0.39, 0.29) is 24.5 Å². The SMILES string of the molecule is O=C(O)c1cccc2c1OCCN2S(=O)(=O)N1CCCCC1. The molecule has 2 aliphatic heterocycles. The van der Waals surface area contributed by atoms with Gasteiger partial charge in [-0.2, -0.15) is 12.7 Å². The van der Waals surface area contributed by atoms with Crippen LogP contribution < -0.4 is 9.04 Å². The van der Waals surface area contributed by atoms with Crippen LogP contribution in [0.1, 0.15) is 29.6 Å². The third-order valence-corrected chi connectivity index (χ3v) is 5.91. The number of aromatic carboxylic acids is 1. The van der Waals surface area contributed by atoms with Crippen LogP contribution in [0.15, 0.2) is 18.2 Å². The second-order valence-electron chi connectivity index (χ2n) is 5.35. The van der Waals surface area contributed by atoms with E-state index >= 15 is 0 Å². The Balaban J connectivity index is 2.01. The lowest BCUT2D eigenvalue weighted by atomic mass is 10.1. The molecule has 0 bridgehead atoms. The number of nitrogens with zero attached hydrogens (tertiary/aromatic N) is 2. The molecule has 1 aromatic carbocycles. The molecule has 120 valence electrons. The van der Waals surface area contributed by atoms with Crippen LogP contribution in [0.25, 0.3) is 0 Å². The molecule has 0 amide bonds. The lowest BCUT2D eigenvalue weighted by Crippen LogP contribution is -2.48. The van der Waals surface area contributed by atoms with Crippen LogP contribution in [0.5, 0.6) is 5.75 Å². The maximum absolute atomic E-state index is 12.8.